The van der Waals surface area contributed by atoms with E-state index in [-0.39, 0.29) is 5.56 Å². The van der Waals surface area contributed by atoms with Crippen LogP contribution in [0.2, 0.25) is 0 Å². The van der Waals surface area contributed by atoms with Gasteiger partial charge < -0.3 is 5.32 Å². The van der Waals surface area contributed by atoms with Crippen molar-refractivity contribution in [2.24, 2.45) is 4.99 Å². The Morgan fingerprint density at radius 3 is 2.93 bits per heavy atom. The normalized spacial score (nSPS) is 10.1. The molecule has 0 amide bonds. The molecule has 1 aromatic carbocycles. The molecule has 1 rings (SSSR count). The summed E-state index contributed by atoms with van der Waals surface area (Å²) in [5.74, 6) is -0.579. The van der Waals surface area contributed by atoms with Crippen molar-refractivity contribution in [3.05, 3.63) is 28.0 Å². The van der Waals surface area contributed by atoms with Crippen LogP contribution in [0.4, 0.5) is 10.1 Å². The van der Waals surface area contributed by atoms with Gasteiger partial charge in [-0.25, -0.2) is 9.38 Å². The van der Waals surface area contributed by atoms with E-state index >= 15 is 0 Å². The minimum absolute atomic E-state index is 0.0558. The molecule has 0 atom stereocenters. The van der Waals surface area contributed by atoms with E-state index in [0.29, 0.717) is 10.2 Å². The van der Waals surface area contributed by atoms with E-state index < -0.39 is 5.82 Å². The molecule has 0 aliphatic heterocycles. The third-order valence-electron chi connectivity index (χ3n) is 1.48. The molecule has 3 nitrogen and oxygen atoms in total. The molecule has 1 N–H and O–H groups in total. The Balaban J connectivity index is 3.27. The number of nitriles is 1. The number of aliphatic imine (C=N–C) groups is 1. The molecular weight excluding hydrogens is 249 g/mol. The van der Waals surface area contributed by atoms with Crippen LogP contribution in [-0.2, 0) is 0 Å². The molecule has 0 aliphatic rings. The van der Waals surface area contributed by atoms with Gasteiger partial charge in [-0.2, -0.15) is 5.26 Å². The molecule has 0 fully saturated rings. The van der Waals surface area contributed by atoms with Gasteiger partial charge in [0.15, 0.2) is 0 Å². The molecule has 0 saturated carbocycles. The highest BCUT2D eigenvalue weighted by molar-refractivity contribution is 9.10. The van der Waals surface area contributed by atoms with E-state index in [1.165, 1.54) is 12.4 Å². The Hall–Kier alpha value is -1.41. The summed E-state index contributed by atoms with van der Waals surface area (Å²) in [5.41, 5.74) is 0.244. The third-order valence-corrected chi connectivity index (χ3v) is 1.94. The van der Waals surface area contributed by atoms with Crippen molar-refractivity contribution in [3.8, 4) is 6.07 Å². The summed E-state index contributed by atoms with van der Waals surface area (Å²) < 4.78 is 13.7. The van der Waals surface area contributed by atoms with Crippen LogP contribution in [0.3, 0.4) is 0 Å². The van der Waals surface area contributed by atoms with Crippen LogP contribution in [0, 0.1) is 17.1 Å². The Morgan fingerprint density at radius 2 is 2.36 bits per heavy atom. The molecule has 0 aliphatic carbocycles. The lowest BCUT2D eigenvalue weighted by Gasteiger charge is -2.00. The highest BCUT2D eigenvalue weighted by Crippen LogP contribution is 2.26. The van der Waals surface area contributed by atoms with E-state index in [2.05, 4.69) is 26.2 Å². The van der Waals surface area contributed by atoms with Crippen LogP contribution in [0.5, 0.6) is 0 Å². The SMILES string of the molecule is CN/C=N/c1cc(Br)cc(F)c1C#N. The van der Waals surface area contributed by atoms with Crippen LogP contribution in [0.25, 0.3) is 0 Å². The fourth-order valence-corrected chi connectivity index (χ4v) is 1.32. The Kier molecular flexibility index (Phi) is 3.60. The molecule has 72 valence electrons. The van der Waals surface area contributed by atoms with Crippen LogP contribution in [-0.4, -0.2) is 13.4 Å². The van der Waals surface area contributed by atoms with E-state index in [1.807, 2.05) is 0 Å². The zero-order valence-electron chi connectivity index (χ0n) is 7.38. The van der Waals surface area contributed by atoms with E-state index in [9.17, 15) is 4.39 Å². The number of hydrogen-bond donors (Lipinski definition) is 1. The maximum atomic E-state index is 13.2. The predicted octanol–water partition coefficient (Wildman–Crippen LogP) is 2.34. The second-order valence-electron chi connectivity index (χ2n) is 2.44. The molecule has 5 heteroatoms. The average Bonchev–Trinajstić information content (AvgIpc) is 2.14. The van der Waals surface area contributed by atoms with Crippen molar-refractivity contribution in [3.63, 3.8) is 0 Å². The molecule has 0 bridgehead atoms. The fraction of sp³-hybridized carbons (Fsp3) is 0.111. The zero-order chi connectivity index (χ0) is 10.6. The first kappa shape index (κ1) is 10.7. The zero-order valence-corrected chi connectivity index (χ0v) is 8.97. The van der Waals surface area contributed by atoms with Gasteiger partial charge in [0.05, 0.1) is 12.0 Å². The first-order valence-electron chi connectivity index (χ1n) is 3.78. The topological polar surface area (TPSA) is 48.2 Å². The standard InChI is InChI=1S/C9H7BrFN3/c1-13-5-14-9-3-6(10)2-8(11)7(9)4-12/h2-3,5H,1H3,(H,13,14). The monoisotopic (exact) mass is 255 g/mol. The minimum Gasteiger partial charge on any atom is -0.379 e. The molecule has 14 heavy (non-hydrogen) atoms. The maximum Gasteiger partial charge on any atom is 0.144 e. The van der Waals surface area contributed by atoms with Gasteiger partial charge in [0.2, 0.25) is 0 Å². The van der Waals surface area contributed by atoms with Crippen molar-refractivity contribution >= 4 is 28.0 Å². The highest BCUT2D eigenvalue weighted by Gasteiger charge is 2.08. The lowest BCUT2D eigenvalue weighted by Crippen LogP contribution is -2.00. The summed E-state index contributed by atoms with van der Waals surface area (Å²) in [6.45, 7) is 0. The Labute approximate surface area is 89.4 Å². The summed E-state index contributed by atoms with van der Waals surface area (Å²) in [4.78, 5) is 3.89. The number of nitrogens with one attached hydrogen (secondary N) is 1. The first-order chi connectivity index (χ1) is 6.69. The van der Waals surface area contributed by atoms with Gasteiger partial charge in [-0.15, -0.1) is 0 Å². The summed E-state index contributed by atoms with van der Waals surface area (Å²) in [6.07, 6.45) is 1.39. The predicted molar refractivity (Wildman–Crippen MR) is 56.0 cm³/mol. The molecule has 0 heterocycles. The number of halogens is 2. The second kappa shape index (κ2) is 4.72. The van der Waals surface area contributed by atoms with Crippen LogP contribution < -0.4 is 5.32 Å². The molecule has 0 unspecified atom stereocenters. The molecule has 0 saturated heterocycles. The average molecular weight is 256 g/mol. The number of benzene rings is 1. The van der Waals surface area contributed by atoms with Gasteiger partial charge in [0.1, 0.15) is 17.4 Å². The van der Waals surface area contributed by atoms with Crippen molar-refractivity contribution in [1.82, 2.24) is 5.32 Å². The van der Waals surface area contributed by atoms with Crippen molar-refractivity contribution in [2.45, 2.75) is 0 Å². The largest absolute Gasteiger partial charge is 0.379 e. The summed E-state index contributed by atoms with van der Waals surface area (Å²) in [5, 5.41) is 11.4. The second-order valence-corrected chi connectivity index (χ2v) is 3.36. The van der Waals surface area contributed by atoms with E-state index in [1.54, 1.807) is 19.2 Å². The molecular formula is C9H7BrFN3. The fourth-order valence-electron chi connectivity index (χ4n) is 0.907. The Bertz CT molecular complexity index is 409. The lowest BCUT2D eigenvalue weighted by molar-refractivity contribution is 0.623. The van der Waals surface area contributed by atoms with Crippen LogP contribution >= 0.6 is 15.9 Å². The Morgan fingerprint density at radius 1 is 1.64 bits per heavy atom. The van der Waals surface area contributed by atoms with Crippen LogP contribution in [0.1, 0.15) is 5.56 Å². The number of nitrogens with zero attached hydrogens (tertiary/aromatic N) is 2. The molecule has 0 aromatic heterocycles. The molecule has 1 aromatic rings. The lowest BCUT2D eigenvalue weighted by atomic mass is 10.2. The van der Waals surface area contributed by atoms with Gasteiger partial charge in [-0.3, -0.25) is 0 Å². The maximum absolute atomic E-state index is 13.2. The highest BCUT2D eigenvalue weighted by atomic mass is 79.9. The summed E-state index contributed by atoms with van der Waals surface area (Å²) in [6, 6.07) is 4.57. The molecule has 0 radical (unpaired) electrons. The summed E-state index contributed by atoms with van der Waals surface area (Å²) in [7, 11) is 1.67. The van der Waals surface area contributed by atoms with Gasteiger partial charge >= 0.3 is 0 Å². The van der Waals surface area contributed by atoms with Crippen molar-refractivity contribution in [2.75, 3.05) is 7.05 Å². The van der Waals surface area contributed by atoms with Crippen LogP contribution in [0.15, 0.2) is 21.6 Å². The number of rotatable bonds is 2. The van der Waals surface area contributed by atoms with Gasteiger partial charge in [0.25, 0.3) is 0 Å². The van der Waals surface area contributed by atoms with Gasteiger partial charge in [0, 0.05) is 11.5 Å². The van der Waals surface area contributed by atoms with Crippen molar-refractivity contribution < 1.29 is 4.39 Å². The molecule has 0 spiro atoms. The van der Waals surface area contributed by atoms with Gasteiger partial charge in [-0.05, 0) is 12.1 Å². The minimum atomic E-state index is -0.579. The quantitative estimate of drug-likeness (QED) is 0.652. The summed E-state index contributed by atoms with van der Waals surface area (Å²) >= 11 is 3.12. The van der Waals surface area contributed by atoms with E-state index in [4.69, 9.17) is 5.26 Å². The smallest absolute Gasteiger partial charge is 0.144 e. The van der Waals surface area contributed by atoms with Gasteiger partial charge in [-0.1, -0.05) is 15.9 Å². The van der Waals surface area contributed by atoms with E-state index in [0.717, 1.165) is 0 Å². The third kappa shape index (κ3) is 2.30. The van der Waals surface area contributed by atoms with Crippen molar-refractivity contribution in [1.29, 1.82) is 5.26 Å². The first-order valence-corrected chi connectivity index (χ1v) is 4.57. The number of hydrogen-bond acceptors (Lipinski definition) is 2.